The molecular formula is C23H14N2O2. The van der Waals surface area contributed by atoms with Gasteiger partial charge in [0.15, 0.2) is 11.5 Å². The second-order valence-corrected chi connectivity index (χ2v) is 6.52. The standard InChI is InChI=1S/C23H14N2O2/c1-4-10-20-16(7-1)17-13-15(14-24-23(17)27-20)25-18-8-2-5-11-21(18)26-22-12-6-3-9-19(22)25/h1-14H. The Bertz CT molecular complexity index is 1280. The average molecular weight is 350 g/mol. The Balaban J connectivity index is 1.63. The first-order valence-corrected chi connectivity index (χ1v) is 8.82. The van der Waals surface area contributed by atoms with Crippen molar-refractivity contribution in [3.05, 3.63) is 85.1 Å². The summed E-state index contributed by atoms with van der Waals surface area (Å²) in [5.41, 5.74) is 4.45. The van der Waals surface area contributed by atoms with Gasteiger partial charge in [-0.25, -0.2) is 4.98 Å². The molecule has 3 heterocycles. The zero-order valence-electron chi connectivity index (χ0n) is 14.3. The van der Waals surface area contributed by atoms with E-state index in [9.17, 15) is 0 Å². The van der Waals surface area contributed by atoms with Crippen molar-refractivity contribution in [2.75, 3.05) is 4.90 Å². The molecule has 128 valence electrons. The molecule has 4 nitrogen and oxygen atoms in total. The second kappa shape index (κ2) is 5.35. The lowest BCUT2D eigenvalue weighted by molar-refractivity contribution is 0.477. The maximum absolute atomic E-state index is 6.09. The Morgan fingerprint density at radius 2 is 1.37 bits per heavy atom. The zero-order chi connectivity index (χ0) is 17.8. The van der Waals surface area contributed by atoms with Gasteiger partial charge in [0.05, 0.1) is 28.6 Å². The molecule has 0 radical (unpaired) electrons. The molecule has 5 aromatic rings. The van der Waals surface area contributed by atoms with Crippen LogP contribution in [0.15, 0.2) is 89.5 Å². The summed E-state index contributed by atoms with van der Waals surface area (Å²) in [7, 11) is 0. The number of benzene rings is 3. The molecule has 0 saturated carbocycles. The first-order valence-electron chi connectivity index (χ1n) is 8.82. The topological polar surface area (TPSA) is 38.5 Å². The lowest BCUT2D eigenvalue weighted by Crippen LogP contribution is -2.15. The van der Waals surface area contributed by atoms with E-state index in [4.69, 9.17) is 9.15 Å². The minimum Gasteiger partial charge on any atom is -0.453 e. The molecule has 0 saturated heterocycles. The van der Waals surface area contributed by atoms with E-state index < -0.39 is 0 Å². The lowest BCUT2D eigenvalue weighted by atomic mass is 10.1. The summed E-state index contributed by atoms with van der Waals surface area (Å²) < 4.78 is 12.0. The molecule has 1 aliphatic rings. The van der Waals surface area contributed by atoms with Gasteiger partial charge in [-0.2, -0.15) is 0 Å². The zero-order valence-corrected chi connectivity index (χ0v) is 14.3. The number of pyridine rings is 1. The van der Waals surface area contributed by atoms with Gasteiger partial charge in [0.1, 0.15) is 5.58 Å². The number of hydrogen-bond acceptors (Lipinski definition) is 4. The van der Waals surface area contributed by atoms with Gasteiger partial charge in [-0.15, -0.1) is 0 Å². The number of anilines is 3. The summed E-state index contributed by atoms with van der Waals surface area (Å²) in [5, 5.41) is 2.07. The average Bonchev–Trinajstić information content (AvgIpc) is 3.10. The van der Waals surface area contributed by atoms with Gasteiger partial charge >= 0.3 is 0 Å². The molecule has 3 aromatic carbocycles. The van der Waals surface area contributed by atoms with Crippen LogP contribution in [0.5, 0.6) is 11.5 Å². The lowest BCUT2D eigenvalue weighted by Gasteiger charge is -2.32. The van der Waals surface area contributed by atoms with E-state index in [1.807, 2.05) is 60.8 Å². The second-order valence-electron chi connectivity index (χ2n) is 6.52. The van der Waals surface area contributed by atoms with Gasteiger partial charge in [0, 0.05) is 5.39 Å². The number of fused-ring (bicyclic) bond motifs is 5. The van der Waals surface area contributed by atoms with Crippen LogP contribution < -0.4 is 9.64 Å². The van der Waals surface area contributed by atoms with Gasteiger partial charge in [0.2, 0.25) is 5.71 Å². The SMILES string of the molecule is c1ccc2c(c1)Oc1ccccc1N2c1cnc2oc3ccccc3c2c1. The van der Waals surface area contributed by atoms with Crippen LogP contribution in [0.3, 0.4) is 0 Å². The van der Waals surface area contributed by atoms with E-state index in [0.29, 0.717) is 5.71 Å². The Morgan fingerprint density at radius 1 is 0.704 bits per heavy atom. The van der Waals surface area contributed by atoms with Crippen LogP contribution in [0.25, 0.3) is 22.1 Å². The van der Waals surface area contributed by atoms with Gasteiger partial charge in [0.25, 0.3) is 0 Å². The summed E-state index contributed by atoms with van der Waals surface area (Å²) in [6.45, 7) is 0. The van der Waals surface area contributed by atoms with Gasteiger partial charge in [-0.1, -0.05) is 42.5 Å². The predicted molar refractivity (Wildman–Crippen MR) is 106 cm³/mol. The fourth-order valence-electron chi connectivity index (χ4n) is 3.70. The van der Waals surface area contributed by atoms with Gasteiger partial charge < -0.3 is 14.1 Å². The quantitative estimate of drug-likeness (QED) is 0.337. The van der Waals surface area contributed by atoms with Crippen molar-refractivity contribution in [1.29, 1.82) is 0 Å². The van der Waals surface area contributed by atoms with E-state index in [1.54, 1.807) is 0 Å². The van der Waals surface area contributed by atoms with Crippen molar-refractivity contribution in [2.45, 2.75) is 0 Å². The van der Waals surface area contributed by atoms with E-state index in [-0.39, 0.29) is 0 Å². The van der Waals surface area contributed by atoms with Crippen molar-refractivity contribution in [3.8, 4) is 11.5 Å². The Kier molecular flexibility index (Phi) is 2.85. The molecule has 0 atom stereocenters. The smallest absolute Gasteiger partial charge is 0.227 e. The van der Waals surface area contributed by atoms with Crippen molar-refractivity contribution >= 4 is 39.1 Å². The molecular weight excluding hydrogens is 336 g/mol. The monoisotopic (exact) mass is 350 g/mol. The minimum atomic E-state index is 0.648. The third-order valence-electron chi connectivity index (χ3n) is 4.91. The Hall–Kier alpha value is -3.79. The van der Waals surface area contributed by atoms with Gasteiger partial charge in [-0.3, -0.25) is 0 Å². The third kappa shape index (κ3) is 2.07. The summed E-state index contributed by atoms with van der Waals surface area (Å²) in [6.07, 6.45) is 1.85. The molecule has 0 amide bonds. The van der Waals surface area contributed by atoms with Crippen LogP contribution in [-0.2, 0) is 0 Å². The summed E-state index contributed by atoms with van der Waals surface area (Å²) in [5.74, 6) is 1.65. The molecule has 0 aliphatic carbocycles. The molecule has 0 fully saturated rings. The predicted octanol–water partition coefficient (Wildman–Crippen LogP) is 6.56. The number of para-hydroxylation sites is 5. The van der Waals surface area contributed by atoms with Crippen molar-refractivity contribution in [1.82, 2.24) is 4.98 Å². The van der Waals surface area contributed by atoms with Crippen LogP contribution in [0, 0.1) is 0 Å². The molecule has 1 aliphatic heterocycles. The first kappa shape index (κ1) is 14.4. The molecule has 0 unspecified atom stereocenters. The normalized spacial score (nSPS) is 12.7. The Labute approximate surface area is 155 Å². The molecule has 27 heavy (non-hydrogen) atoms. The highest BCUT2D eigenvalue weighted by Gasteiger charge is 2.26. The number of nitrogens with zero attached hydrogens (tertiary/aromatic N) is 2. The number of furan rings is 1. The molecule has 4 heteroatoms. The highest BCUT2D eigenvalue weighted by atomic mass is 16.5. The molecule has 0 bridgehead atoms. The van der Waals surface area contributed by atoms with Crippen LogP contribution in [0.2, 0.25) is 0 Å². The molecule has 0 N–H and O–H groups in total. The van der Waals surface area contributed by atoms with Crippen molar-refractivity contribution < 1.29 is 9.15 Å². The highest BCUT2D eigenvalue weighted by molar-refractivity contribution is 6.05. The van der Waals surface area contributed by atoms with Gasteiger partial charge in [-0.05, 0) is 36.4 Å². The van der Waals surface area contributed by atoms with E-state index in [2.05, 4.69) is 34.1 Å². The van der Waals surface area contributed by atoms with Crippen LogP contribution in [-0.4, -0.2) is 4.98 Å². The molecule has 6 rings (SSSR count). The van der Waals surface area contributed by atoms with E-state index in [1.165, 1.54) is 0 Å². The summed E-state index contributed by atoms with van der Waals surface area (Å²) in [6, 6.07) is 26.2. The van der Waals surface area contributed by atoms with Crippen molar-refractivity contribution in [3.63, 3.8) is 0 Å². The number of hydrogen-bond donors (Lipinski definition) is 0. The maximum Gasteiger partial charge on any atom is 0.227 e. The third-order valence-corrected chi connectivity index (χ3v) is 4.91. The van der Waals surface area contributed by atoms with E-state index >= 15 is 0 Å². The number of ether oxygens (including phenoxy) is 1. The maximum atomic E-state index is 6.09. The van der Waals surface area contributed by atoms with E-state index in [0.717, 1.165) is 44.9 Å². The van der Waals surface area contributed by atoms with Crippen LogP contribution >= 0.6 is 0 Å². The molecule has 0 spiro atoms. The van der Waals surface area contributed by atoms with Crippen molar-refractivity contribution in [2.24, 2.45) is 0 Å². The summed E-state index contributed by atoms with van der Waals surface area (Å²) in [4.78, 5) is 6.77. The Morgan fingerprint density at radius 3 is 2.15 bits per heavy atom. The largest absolute Gasteiger partial charge is 0.453 e. The van der Waals surface area contributed by atoms with Crippen LogP contribution in [0.4, 0.5) is 17.1 Å². The number of rotatable bonds is 1. The molecule has 2 aromatic heterocycles. The fraction of sp³-hybridized carbons (Fsp3) is 0. The minimum absolute atomic E-state index is 0.648. The summed E-state index contributed by atoms with van der Waals surface area (Å²) >= 11 is 0. The first-order chi connectivity index (χ1) is 13.4. The van der Waals surface area contributed by atoms with Crippen LogP contribution in [0.1, 0.15) is 0 Å². The fourth-order valence-corrected chi connectivity index (χ4v) is 3.70. The number of aromatic nitrogens is 1. The highest BCUT2D eigenvalue weighted by Crippen LogP contribution is 2.50.